The standard InChI is InChI=1S/C17H20BrNO4/c1-12(17(21)19-9-3-4-10-19)23-16(20)8-5-13-11-14(18)6-7-15(13)22-2/h5-8,11-12H,3-4,9-10H2,1-2H3/b8-5+. The van der Waals surface area contributed by atoms with Crippen LogP contribution in [0.1, 0.15) is 25.3 Å². The topological polar surface area (TPSA) is 55.8 Å². The Morgan fingerprint density at radius 2 is 2.00 bits per heavy atom. The van der Waals surface area contributed by atoms with Gasteiger partial charge in [-0.1, -0.05) is 15.9 Å². The van der Waals surface area contributed by atoms with E-state index in [4.69, 9.17) is 9.47 Å². The van der Waals surface area contributed by atoms with Crippen LogP contribution >= 0.6 is 15.9 Å². The average Bonchev–Trinajstić information content (AvgIpc) is 3.06. The monoisotopic (exact) mass is 381 g/mol. The van der Waals surface area contributed by atoms with Crippen LogP contribution in [0.15, 0.2) is 28.7 Å². The van der Waals surface area contributed by atoms with Crippen molar-refractivity contribution in [3.05, 3.63) is 34.3 Å². The minimum absolute atomic E-state index is 0.135. The van der Waals surface area contributed by atoms with Gasteiger partial charge in [-0.15, -0.1) is 0 Å². The van der Waals surface area contributed by atoms with Gasteiger partial charge in [0.1, 0.15) is 5.75 Å². The minimum atomic E-state index is -0.769. The number of likely N-dealkylation sites (tertiary alicyclic amines) is 1. The van der Waals surface area contributed by atoms with Crippen molar-refractivity contribution in [2.45, 2.75) is 25.9 Å². The number of ether oxygens (including phenoxy) is 2. The molecule has 1 heterocycles. The molecule has 1 amide bonds. The van der Waals surface area contributed by atoms with E-state index in [1.807, 2.05) is 12.1 Å². The first-order valence-electron chi connectivity index (χ1n) is 7.52. The van der Waals surface area contributed by atoms with E-state index in [9.17, 15) is 9.59 Å². The summed E-state index contributed by atoms with van der Waals surface area (Å²) in [5.41, 5.74) is 0.748. The van der Waals surface area contributed by atoms with E-state index in [0.717, 1.165) is 36.0 Å². The molecule has 6 heteroatoms. The summed E-state index contributed by atoms with van der Waals surface area (Å²) in [5, 5.41) is 0. The molecular formula is C17H20BrNO4. The summed E-state index contributed by atoms with van der Waals surface area (Å²) in [6.45, 7) is 3.09. The first kappa shape index (κ1) is 17.5. The van der Waals surface area contributed by atoms with Crippen LogP contribution in [0.2, 0.25) is 0 Å². The third-order valence-electron chi connectivity index (χ3n) is 3.65. The molecule has 0 saturated carbocycles. The fourth-order valence-electron chi connectivity index (χ4n) is 2.45. The van der Waals surface area contributed by atoms with E-state index in [0.29, 0.717) is 5.75 Å². The number of methoxy groups -OCH3 is 1. The lowest BCUT2D eigenvalue weighted by atomic mass is 10.2. The number of carbonyl (C=O) groups excluding carboxylic acids is 2. The number of hydrogen-bond acceptors (Lipinski definition) is 4. The highest BCUT2D eigenvalue weighted by atomic mass is 79.9. The molecule has 0 aromatic heterocycles. The molecule has 1 aromatic rings. The summed E-state index contributed by atoms with van der Waals surface area (Å²) < 4.78 is 11.3. The first-order chi connectivity index (χ1) is 11.0. The second-order valence-electron chi connectivity index (χ2n) is 5.33. The van der Waals surface area contributed by atoms with E-state index in [1.165, 1.54) is 6.08 Å². The largest absolute Gasteiger partial charge is 0.496 e. The predicted molar refractivity (Wildman–Crippen MR) is 91.1 cm³/mol. The van der Waals surface area contributed by atoms with Crippen molar-refractivity contribution in [2.24, 2.45) is 0 Å². The van der Waals surface area contributed by atoms with Crippen molar-refractivity contribution in [2.75, 3.05) is 20.2 Å². The van der Waals surface area contributed by atoms with E-state index < -0.39 is 12.1 Å². The number of amides is 1. The van der Waals surface area contributed by atoms with Gasteiger partial charge in [-0.2, -0.15) is 0 Å². The van der Waals surface area contributed by atoms with Crippen molar-refractivity contribution in [1.82, 2.24) is 4.90 Å². The third kappa shape index (κ3) is 4.82. The van der Waals surface area contributed by atoms with Gasteiger partial charge in [0, 0.05) is 29.2 Å². The van der Waals surface area contributed by atoms with Gasteiger partial charge in [-0.25, -0.2) is 4.79 Å². The Kier molecular flexibility index (Phi) is 6.21. The molecule has 1 aliphatic rings. The maximum absolute atomic E-state index is 12.1. The molecule has 1 unspecified atom stereocenters. The molecule has 0 spiro atoms. The summed E-state index contributed by atoms with van der Waals surface area (Å²) in [6.07, 6.45) is 4.16. The van der Waals surface area contributed by atoms with Crippen molar-refractivity contribution in [1.29, 1.82) is 0 Å². The van der Waals surface area contributed by atoms with Crippen molar-refractivity contribution in [3.63, 3.8) is 0 Å². The number of halogens is 1. The smallest absolute Gasteiger partial charge is 0.331 e. The summed E-state index contributed by atoms with van der Waals surface area (Å²) >= 11 is 3.37. The minimum Gasteiger partial charge on any atom is -0.496 e. The zero-order chi connectivity index (χ0) is 16.8. The Hall–Kier alpha value is -1.82. The molecule has 1 atom stereocenters. The number of carbonyl (C=O) groups is 2. The highest BCUT2D eigenvalue weighted by molar-refractivity contribution is 9.10. The van der Waals surface area contributed by atoms with Crippen molar-refractivity contribution >= 4 is 33.9 Å². The molecule has 0 bridgehead atoms. The van der Waals surface area contributed by atoms with E-state index in [-0.39, 0.29) is 5.91 Å². The summed E-state index contributed by atoms with van der Waals surface area (Å²) in [7, 11) is 1.57. The maximum atomic E-state index is 12.1. The quantitative estimate of drug-likeness (QED) is 0.580. The maximum Gasteiger partial charge on any atom is 0.331 e. The fraction of sp³-hybridized carbons (Fsp3) is 0.412. The summed E-state index contributed by atoms with van der Waals surface area (Å²) in [4.78, 5) is 25.7. The van der Waals surface area contributed by atoms with Gasteiger partial charge < -0.3 is 14.4 Å². The van der Waals surface area contributed by atoms with Gasteiger partial charge >= 0.3 is 5.97 Å². The van der Waals surface area contributed by atoms with Gasteiger partial charge in [-0.05, 0) is 44.0 Å². The highest BCUT2D eigenvalue weighted by Crippen LogP contribution is 2.24. The number of benzene rings is 1. The van der Waals surface area contributed by atoms with Crippen LogP contribution < -0.4 is 4.74 Å². The molecule has 2 rings (SSSR count). The SMILES string of the molecule is COc1ccc(Br)cc1/C=C/C(=O)OC(C)C(=O)N1CCCC1. The normalized spacial score (nSPS) is 15.7. The van der Waals surface area contributed by atoms with Crippen molar-refractivity contribution < 1.29 is 19.1 Å². The van der Waals surface area contributed by atoms with Gasteiger partial charge in [0.15, 0.2) is 6.10 Å². The third-order valence-corrected chi connectivity index (χ3v) is 4.14. The number of nitrogens with zero attached hydrogens (tertiary/aromatic N) is 1. The zero-order valence-electron chi connectivity index (χ0n) is 13.3. The lowest BCUT2D eigenvalue weighted by Gasteiger charge is -2.19. The summed E-state index contributed by atoms with van der Waals surface area (Å²) in [6, 6.07) is 5.49. The summed E-state index contributed by atoms with van der Waals surface area (Å²) in [5.74, 6) is -0.0326. The van der Waals surface area contributed by atoms with E-state index in [1.54, 1.807) is 31.1 Å². The molecule has 0 radical (unpaired) electrons. The van der Waals surface area contributed by atoms with Crippen LogP contribution in [0, 0.1) is 0 Å². The lowest BCUT2D eigenvalue weighted by Crippen LogP contribution is -2.37. The fourth-order valence-corrected chi connectivity index (χ4v) is 2.83. The van der Waals surface area contributed by atoms with Gasteiger partial charge in [0.2, 0.25) is 0 Å². The molecule has 0 N–H and O–H groups in total. The molecule has 5 nitrogen and oxygen atoms in total. The van der Waals surface area contributed by atoms with Crippen LogP contribution in [-0.2, 0) is 14.3 Å². The molecule has 1 aromatic carbocycles. The van der Waals surface area contributed by atoms with Crippen molar-refractivity contribution in [3.8, 4) is 5.75 Å². The second kappa shape index (κ2) is 8.15. The predicted octanol–water partition coefficient (Wildman–Crippen LogP) is 3.03. The Morgan fingerprint density at radius 3 is 2.65 bits per heavy atom. The Bertz CT molecular complexity index is 609. The molecule has 1 saturated heterocycles. The first-order valence-corrected chi connectivity index (χ1v) is 8.31. The Labute approximate surface area is 144 Å². The average molecular weight is 382 g/mol. The van der Waals surface area contributed by atoms with Crippen LogP contribution in [-0.4, -0.2) is 43.1 Å². The van der Waals surface area contributed by atoms with Gasteiger partial charge in [-0.3, -0.25) is 4.79 Å². The number of rotatable bonds is 5. The van der Waals surface area contributed by atoms with Crippen LogP contribution in [0.4, 0.5) is 0 Å². The van der Waals surface area contributed by atoms with E-state index in [2.05, 4.69) is 15.9 Å². The van der Waals surface area contributed by atoms with Gasteiger partial charge in [0.25, 0.3) is 5.91 Å². The van der Waals surface area contributed by atoms with Crippen LogP contribution in [0.25, 0.3) is 6.08 Å². The van der Waals surface area contributed by atoms with Crippen LogP contribution in [0.5, 0.6) is 5.75 Å². The van der Waals surface area contributed by atoms with Gasteiger partial charge in [0.05, 0.1) is 7.11 Å². The highest BCUT2D eigenvalue weighted by Gasteiger charge is 2.25. The number of hydrogen-bond donors (Lipinski definition) is 0. The lowest BCUT2D eigenvalue weighted by molar-refractivity contribution is -0.154. The molecular weight excluding hydrogens is 362 g/mol. The molecule has 23 heavy (non-hydrogen) atoms. The molecule has 0 aliphatic carbocycles. The Morgan fingerprint density at radius 1 is 1.30 bits per heavy atom. The zero-order valence-corrected chi connectivity index (χ0v) is 14.8. The number of esters is 1. The second-order valence-corrected chi connectivity index (χ2v) is 6.25. The Balaban J connectivity index is 1.96. The molecule has 1 aliphatic heterocycles. The van der Waals surface area contributed by atoms with E-state index >= 15 is 0 Å². The molecule has 1 fully saturated rings. The molecule has 124 valence electrons. The van der Waals surface area contributed by atoms with Crippen LogP contribution in [0.3, 0.4) is 0 Å².